The minimum absolute atomic E-state index is 0.0201. The SMILES string of the molecule is COc1ccccc1Oc1ccc(NC(=O)CCCC(=O)OC(C)C(=O)c2cccc(Cl)c2)cc1. The molecule has 0 saturated heterocycles. The Morgan fingerprint density at radius 2 is 1.63 bits per heavy atom. The van der Waals surface area contributed by atoms with E-state index >= 15 is 0 Å². The summed E-state index contributed by atoms with van der Waals surface area (Å²) in [4.78, 5) is 36.7. The second-order valence-electron chi connectivity index (χ2n) is 7.69. The first-order chi connectivity index (χ1) is 16.9. The summed E-state index contributed by atoms with van der Waals surface area (Å²) in [6, 6.07) is 20.7. The molecule has 182 valence electrons. The fraction of sp³-hybridized carbons (Fsp3) is 0.222. The molecule has 3 aromatic rings. The van der Waals surface area contributed by atoms with Crippen LogP contribution in [0.4, 0.5) is 5.69 Å². The van der Waals surface area contributed by atoms with Gasteiger partial charge in [-0.2, -0.15) is 0 Å². The molecule has 0 bridgehead atoms. The highest BCUT2D eigenvalue weighted by Gasteiger charge is 2.19. The van der Waals surface area contributed by atoms with Gasteiger partial charge in [-0.15, -0.1) is 0 Å². The number of rotatable bonds is 11. The van der Waals surface area contributed by atoms with Gasteiger partial charge in [0, 0.05) is 29.1 Å². The van der Waals surface area contributed by atoms with Crippen molar-refractivity contribution in [3.63, 3.8) is 0 Å². The van der Waals surface area contributed by atoms with Gasteiger partial charge in [-0.1, -0.05) is 35.9 Å². The summed E-state index contributed by atoms with van der Waals surface area (Å²) in [5, 5.41) is 3.21. The van der Waals surface area contributed by atoms with Crippen molar-refractivity contribution in [1.29, 1.82) is 0 Å². The maximum absolute atomic E-state index is 12.4. The van der Waals surface area contributed by atoms with E-state index in [1.54, 1.807) is 61.7 Å². The van der Waals surface area contributed by atoms with Crippen LogP contribution in [0.15, 0.2) is 72.8 Å². The zero-order valence-electron chi connectivity index (χ0n) is 19.5. The van der Waals surface area contributed by atoms with Gasteiger partial charge in [-0.25, -0.2) is 0 Å². The summed E-state index contributed by atoms with van der Waals surface area (Å²) in [7, 11) is 1.57. The van der Waals surface area contributed by atoms with Crippen LogP contribution >= 0.6 is 11.6 Å². The molecule has 1 atom stereocenters. The number of hydrogen-bond acceptors (Lipinski definition) is 6. The van der Waals surface area contributed by atoms with Crippen LogP contribution < -0.4 is 14.8 Å². The van der Waals surface area contributed by atoms with Crippen LogP contribution in [-0.4, -0.2) is 30.9 Å². The highest BCUT2D eigenvalue weighted by atomic mass is 35.5. The summed E-state index contributed by atoms with van der Waals surface area (Å²) in [6.07, 6.45) is -0.499. The van der Waals surface area contributed by atoms with Gasteiger partial charge in [0.15, 0.2) is 17.6 Å². The van der Waals surface area contributed by atoms with Gasteiger partial charge >= 0.3 is 5.97 Å². The van der Waals surface area contributed by atoms with Gasteiger partial charge in [-0.3, -0.25) is 14.4 Å². The number of esters is 1. The van der Waals surface area contributed by atoms with Gasteiger partial charge in [0.1, 0.15) is 5.75 Å². The number of carbonyl (C=O) groups is 3. The zero-order valence-corrected chi connectivity index (χ0v) is 20.2. The van der Waals surface area contributed by atoms with Crippen molar-refractivity contribution in [3.8, 4) is 17.2 Å². The average molecular weight is 496 g/mol. The molecule has 3 aromatic carbocycles. The van der Waals surface area contributed by atoms with E-state index in [9.17, 15) is 14.4 Å². The summed E-state index contributed by atoms with van der Waals surface area (Å²) >= 11 is 5.90. The average Bonchev–Trinajstić information content (AvgIpc) is 2.85. The number of amides is 1. The third kappa shape index (κ3) is 7.86. The standard InChI is InChI=1S/C27H26ClNO6/c1-18(27(32)19-7-5-8-20(28)17-19)34-26(31)12-6-11-25(30)29-21-13-15-22(16-14-21)35-24-10-4-3-9-23(24)33-2/h3-5,7-10,13-18H,6,11-12H2,1-2H3,(H,29,30). The Morgan fingerprint density at radius 1 is 0.914 bits per heavy atom. The number of carbonyl (C=O) groups excluding carboxylic acids is 3. The molecule has 1 unspecified atom stereocenters. The summed E-state index contributed by atoms with van der Waals surface area (Å²) in [5.41, 5.74) is 0.974. The van der Waals surface area contributed by atoms with Crippen LogP contribution in [0.3, 0.4) is 0 Å². The molecule has 0 fully saturated rings. The quantitative estimate of drug-likeness (QED) is 0.256. The van der Waals surface area contributed by atoms with Gasteiger partial charge in [0.2, 0.25) is 11.7 Å². The van der Waals surface area contributed by atoms with Crippen LogP contribution in [0.5, 0.6) is 17.2 Å². The maximum atomic E-state index is 12.4. The van der Waals surface area contributed by atoms with Gasteiger partial charge in [0.05, 0.1) is 7.11 Å². The molecular weight excluding hydrogens is 470 g/mol. The molecule has 0 aliphatic rings. The fourth-order valence-electron chi connectivity index (χ4n) is 3.24. The molecule has 0 aliphatic carbocycles. The smallest absolute Gasteiger partial charge is 0.306 e. The van der Waals surface area contributed by atoms with E-state index in [1.807, 2.05) is 12.1 Å². The van der Waals surface area contributed by atoms with Crippen molar-refractivity contribution in [3.05, 3.63) is 83.4 Å². The number of hydrogen-bond donors (Lipinski definition) is 1. The monoisotopic (exact) mass is 495 g/mol. The Labute approximate surface area is 209 Å². The van der Waals surface area contributed by atoms with Crippen molar-refractivity contribution < 1.29 is 28.6 Å². The van der Waals surface area contributed by atoms with E-state index in [0.29, 0.717) is 33.5 Å². The van der Waals surface area contributed by atoms with Crippen LogP contribution in [0.25, 0.3) is 0 Å². The van der Waals surface area contributed by atoms with Crippen molar-refractivity contribution in [2.45, 2.75) is 32.3 Å². The summed E-state index contributed by atoms with van der Waals surface area (Å²) < 4.78 is 16.3. The Balaban J connectivity index is 1.40. The number of anilines is 1. The summed E-state index contributed by atoms with van der Waals surface area (Å²) in [6.45, 7) is 1.51. The number of benzene rings is 3. The molecule has 0 aromatic heterocycles. The van der Waals surface area contributed by atoms with Gasteiger partial charge in [-0.05, 0) is 61.9 Å². The van der Waals surface area contributed by atoms with Crippen molar-refractivity contribution in [1.82, 2.24) is 0 Å². The first kappa shape index (κ1) is 25.8. The number of Topliss-reactive ketones (excluding diaryl/α,β-unsaturated/α-hetero) is 1. The molecule has 0 spiro atoms. The Morgan fingerprint density at radius 3 is 2.31 bits per heavy atom. The lowest BCUT2D eigenvalue weighted by Gasteiger charge is -2.12. The molecule has 1 amide bonds. The fourth-order valence-corrected chi connectivity index (χ4v) is 3.43. The van der Waals surface area contributed by atoms with Crippen LogP contribution in [0.1, 0.15) is 36.5 Å². The number of ether oxygens (including phenoxy) is 3. The molecule has 3 rings (SSSR count). The number of methoxy groups -OCH3 is 1. The highest BCUT2D eigenvalue weighted by Crippen LogP contribution is 2.31. The molecule has 0 saturated carbocycles. The second kappa shape index (κ2) is 12.6. The zero-order chi connectivity index (χ0) is 25.2. The topological polar surface area (TPSA) is 90.9 Å². The molecule has 1 N–H and O–H groups in total. The lowest BCUT2D eigenvalue weighted by molar-refractivity contribution is -0.146. The third-order valence-corrected chi connectivity index (χ3v) is 5.24. The van der Waals surface area contributed by atoms with Gasteiger partial charge < -0.3 is 19.5 Å². The molecule has 8 heteroatoms. The normalized spacial score (nSPS) is 11.3. The molecule has 0 aliphatic heterocycles. The summed E-state index contributed by atoms with van der Waals surface area (Å²) in [5.74, 6) is 0.681. The maximum Gasteiger partial charge on any atom is 0.306 e. The Hall–Kier alpha value is -3.84. The number of ketones is 1. The number of nitrogens with one attached hydrogen (secondary N) is 1. The van der Waals surface area contributed by atoms with E-state index in [-0.39, 0.29) is 31.0 Å². The van der Waals surface area contributed by atoms with E-state index in [4.69, 9.17) is 25.8 Å². The molecule has 35 heavy (non-hydrogen) atoms. The largest absolute Gasteiger partial charge is 0.493 e. The highest BCUT2D eigenvalue weighted by molar-refractivity contribution is 6.31. The van der Waals surface area contributed by atoms with E-state index in [0.717, 1.165) is 0 Å². The minimum atomic E-state index is -0.939. The molecule has 7 nitrogen and oxygen atoms in total. The lowest BCUT2D eigenvalue weighted by Crippen LogP contribution is -2.24. The third-order valence-electron chi connectivity index (χ3n) is 5.01. The van der Waals surface area contributed by atoms with E-state index in [2.05, 4.69) is 5.32 Å². The number of para-hydroxylation sites is 2. The van der Waals surface area contributed by atoms with Crippen LogP contribution in [0.2, 0.25) is 5.02 Å². The Bertz CT molecular complexity index is 1180. The Kier molecular flexibility index (Phi) is 9.26. The van der Waals surface area contributed by atoms with E-state index < -0.39 is 12.1 Å². The van der Waals surface area contributed by atoms with Gasteiger partial charge in [0.25, 0.3) is 0 Å². The van der Waals surface area contributed by atoms with Crippen LogP contribution in [-0.2, 0) is 14.3 Å². The van der Waals surface area contributed by atoms with Crippen LogP contribution in [0, 0.1) is 0 Å². The molecule has 0 heterocycles. The first-order valence-corrected chi connectivity index (χ1v) is 11.4. The van der Waals surface area contributed by atoms with Crippen molar-refractivity contribution >= 4 is 34.9 Å². The minimum Gasteiger partial charge on any atom is -0.493 e. The lowest BCUT2D eigenvalue weighted by atomic mass is 10.1. The van der Waals surface area contributed by atoms with Crippen molar-refractivity contribution in [2.24, 2.45) is 0 Å². The molecular formula is C27H26ClNO6. The predicted molar refractivity (Wildman–Crippen MR) is 133 cm³/mol. The predicted octanol–water partition coefficient (Wildman–Crippen LogP) is 6.06. The first-order valence-electron chi connectivity index (χ1n) is 11.1. The number of halogens is 1. The second-order valence-corrected chi connectivity index (χ2v) is 8.12. The van der Waals surface area contributed by atoms with E-state index in [1.165, 1.54) is 13.0 Å². The molecule has 0 radical (unpaired) electrons. The van der Waals surface area contributed by atoms with Crippen molar-refractivity contribution in [2.75, 3.05) is 12.4 Å².